The van der Waals surface area contributed by atoms with Gasteiger partial charge in [-0.1, -0.05) is 91.0 Å². The Morgan fingerprint density at radius 1 is 0.750 bits per heavy atom. The summed E-state index contributed by atoms with van der Waals surface area (Å²) in [6.45, 7) is 7.59. The molecule has 0 radical (unpaired) electrons. The van der Waals surface area contributed by atoms with E-state index in [0.29, 0.717) is 6.61 Å². The minimum atomic E-state index is -0.812. The Balaban J connectivity index is 1.88. The Morgan fingerprint density at radius 3 is 1.53 bits per heavy atom. The van der Waals surface area contributed by atoms with Gasteiger partial charge in [0.15, 0.2) is 0 Å². The van der Waals surface area contributed by atoms with Crippen LogP contribution in [0, 0.1) is 0 Å². The van der Waals surface area contributed by atoms with E-state index in [4.69, 9.17) is 14.2 Å². The zero-order chi connectivity index (χ0) is 23.0. The first-order valence-electron chi connectivity index (χ1n) is 11.0. The summed E-state index contributed by atoms with van der Waals surface area (Å²) < 4.78 is 17.8. The largest absolute Gasteiger partial charge is 0.458 e. The van der Waals surface area contributed by atoms with Crippen molar-refractivity contribution in [3.05, 3.63) is 108 Å². The van der Waals surface area contributed by atoms with E-state index < -0.39 is 11.2 Å². The standard InChI is InChI=1S/C28H32O4/c1-22(30-21-26(29)32-27(2,3)4)20-31-28(23-14-8-5-9-15-23,24-16-10-6-11-17-24)25-18-12-7-13-19-25/h5-19,22H,20-21H2,1-4H3/t22-/m0/s1. The molecule has 4 heteroatoms. The minimum absolute atomic E-state index is 0.114. The zero-order valence-electron chi connectivity index (χ0n) is 19.3. The predicted octanol–water partition coefficient (Wildman–Crippen LogP) is 5.74. The third-order valence-electron chi connectivity index (χ3n) is 4.98. The van der Waals surface area contributed by atoms with Crippen molar-refractivity contribution in [2.75, 3.05) is 13.2 Å². The quantitative estimate of drug-likeness (QED) is 0.319. The second-order valence-corrected chi connectivity index (χ2v) is 8.80. The third-order valence-corrected chi connectivity index (χ3v) is 4.98. The molecule has 0 saturated heterocycles. The van der Waals surface area contributed by atoms with Crippen molar-refractivity contribution in [1.29, 1.82) is 0 Å². The lowest BCUT2D eigenvalue weighted by molar-refractivity contribution is -0.163. The van der Waals surface area contributed by atoms with E-state index in [9.17, 15) is 4.79 Å². The smallest absolute Gasteiger partial charge is 0.332 e. The van der Waals surface area contributed by atoms with Crippen LogP contribution in [-0.4, -0.2) is 30.9 Å². The van der Waals surface area contributed by atoms with Crippen LogP contribution in [0.25, 0.3) is 0 Å². The first-order valence-corrected chi connectivity index (χ1v) is 11.0. The zero-order valence-corrected chi connectivity index (χ0v) is 19.3. The lowest BCUT2D eigenvalue weighted by Crippen LogP contribution is -2.36. The number of esters is 1. The number of hydrogen-bond acceptors (Lipinski definition) is 4. The highest BCUT2D eigenvalue weighted by atomic mass is 16.6. The molecule has 0 aliphatic carbocycles. The highest BCUT2D eigenvalue weighted by molar-refractivity contribution is 5.71. The van der Waals surface area contributed by atoms with Gasteiger partial charge in [-0.15, -0.1) is 0 Å². The van der Waals surface area contributed by atoms with Crippen LogP contribution in [0.15, 0.2) is 91.0 Å². The fraction of sp³-hybridized carbons (Fsp3) is 0.321. The van der Waals surface area contributed by atoms with Gasteiger partial charge in [-0.2, -0.15) is 0 Å². The summed E-state index contributed by atoms with van der Waals surface area (Å²) in [7, 11) is 0. The molecular formula is C28H32O4. The van der Waals surface area contributed by atoms with Crippen LogP contribution >= 0.6 is 0 Å². The minimum Gasteiger partial charge on any atom is -0.458 e. The molecule has 0 bridgehead atoms. The molecule has 0 aromatic heterocycles. The molecule has 3 aromatic rings. The van der Waals surface area contributed by atoms with E-state index in [1.54, 1.807) is 0 Å². The van der Waals surface area contributed by atoms with Crippen LogP contribution in [0.1, 0.15) is 44.4 Å². The molecule has 1 atom stereocenters. The fourth-order valence-electron chi connectivity index (χ4n) is 3.64. The van der Waals surface area contributed by atoms with Gasteiger partial charge in [-0.3, -0.25) is 0 Å². The molecule has 0 aliphatic rings. The molecule has 3 aromatic carbocycles. The van der Waals surface area contributed by atoms with Gasteiger partial charge in [0.25, 0.3) is 0 Å². The van der Waals surface area contributed by atoms with Crippen LogP contribution in [0.4, 0.5) is 0 Å². The van der Waals surface area contributed by atoms with Gasteiger partial charge >= 0.3 is 5.97 Å². The SMILES string of the molecule is C[C@@H](COC(c1ccccc1)(c1ccccc1)c1ccccc1)OCC(=O)OC(C)(C)C. The van der Waals surface area contributed by atoms with E-state index in [1.165, 1.54) is 0 Å². The Morgan fingerprint density at radius 2 is 1.16 bits per heavy atom. The van der Waals surface area contributed by atoms with Crippen molar-refractivity contribution < 1.29 is 19.0 Å². The number of ether oxygens (including phenoxy) is 3. The molecule has 0 fully saturated rings. The summed E-state index contributed by atoms with van der Waals surface area (Å²) in [5.41, 5.74) is 1.72. The molecule has 168 valence electrons. The van der Waals surface area contributed by atoms with Gasteiger partial charge in [0, 0.05) is 0 Å². The van der Waals surface area contributed by atoms with E-state index >= 15 is 0 Å². The molecule has 0 aliphatic heterocycles. The maximum Gasteiger partial charge on any atom is 0.332 e. The molecule has 0 spiro atoms. The fourth-order valence-corrected chi connectivity index (χ4v) is 3.64. The molecular weight excluding hydrogens is 400 g/mol. The molecule has 0 unspecified atom stereocenters. The van der Waals surface area contributed by atoms with E-state index in [2.05, 4.69) is 36.4 Å². The highest BCUT2D eigenvalue weighted by Crippen LogP contribution is 2.40. The second-order valence-electron chi connectivity index (χ2n) is 8.80. The van der Waals surface area contributed by atoms with Gasteiger partial charge in [0.1, 0.15) is 17.8 Å². The Hall–Kier alpha value is -2.95. The predicted molar refractivity (Wildman–Crippen MR) is 126 cm³/mol. The normalized spacial score (nSPS) is 12.9. The van der Waals surface area contributed by atoms with E-state index in [-0.39, 0.29) is 18.7 Å². The van der Waals surface area contributed by atoms with Crippen molar-refractivity contribution in [2.24, 2.45) is 0 Å². The summed E-state index contributed by atoms with van der Waals surface area (Å²) in [5.74, 6) is -0.384. The van der Waals surface area contributed by atoms with E-state index in [0.717, 1.165) is 16.7 Å². The Bertz CT molecular complexity index is 866. The molecule has 4 nitrogen and oxygen atoms in total. The van der Waals surface area contributed by atoms with Crippen LogP contribution in [0.3, 0.4) is 0 Å². The summed E-state index contributed by atoms with van der Waals surface area (Å²) in [6.07, 6.45) is -0.307. The maximum atomic E-state index is 12.0. The van der Waals surface area contributed by atoms with Crippen LogP contribution in [0.2, 0.25) is 0 Å². The van der Waals surface area contributed by atoms with Crippen LogP contribution < -0.4 is 0 Å². The average Bonchev–Trinajstić information content (AvgIpc) is 2.79. The van der Waals surface area contributed by atoms with Crippen molar-refractivity contribution in [2.45, 2.75) is 45.0 Å². The van der Waals surface area contributed by atoms with Gasteiger partial charge in [0.2, 0.25) is 0 Å². The number of hydrogen-bond donors (Lipinski definition) is 0. The number of rotatable bonds is 9. The molecule has 0 saturated carbocycles. The highest BCUT2D eigenvalue weighted by Gasteiger charge is 2.38. The first-order chi connectivity index (χ1) is 15.3. The van der Waals surface area contributed by atoms with E-state index in [1.807, 2.05) is 82.3 Å². The second kappa shape index (κ2) is 10.6. The molecule has 32 heavy (non-hydrogen) atoms. The van der Waals surface area contributed by atoms with Gasteiger partial charge in [0.05, 0.1) is 12.7 Å². The van der Waals surface area contributed by atoms with Crippen molar-refractivity contribution in [3.63, 3.8) is 0 Å². The lowest BCUT2D eigenvalue weighted by atomic mass is 9.80. The molecule has 0 amide bonds. The summed E-state index contributed by atoms with van der Waals surface area (Å²) in [6, 6.07) is 30.5. The van der Waals surface area contributed by atoms with Crippen LogP contribution in [-0.2, 0) is 24.6 Å². The summed E-state index contributed by atoms with van der Waals surface area (Å²) in [5, 5.41) is 0. The number of benzene rings is 3. The van der Waals surface area contributed by atoms with Gasteiger partial charge in [-0.05, 0) is 44.4 Å². The average molecular weight is 433 g/mol. The first kappa shape index (κ1) is 23.7. The van der Waals surface area contributed by atoms with Crippen molar-refractivity contribution in [3.8, 4) is 0 Å². The van der Waals surface area contributed by atoms with Crippen LogP contribution in [0.5, 0.6) is 0 Å². The molecule has 3 rings (SSSR count). The van der Waals surface area contributed by atoms with Gasteiger partial charge in [-0.25, -0.2) is 4.79 Å². The Kier molecular flexibility index (Phi) is 7.84. The third kappa shape index (κ3) is 6.06. The van der Waals surface area contributed by atoms with Gasteiger partial charge < -0.3 is 14.2 Å². The topological polar surface area (TPSA) is 44.8 Å². The van der Waals surface area contributed by atoms with Crippen molar-refractivity contribution in [1.82, 2.24) is 0 Å². The monoisotopic (exact) mass is 432 g/mol. The summed E-state index contributed by atoms with van der Waals surface area (Å²) in [4.78, 5) is 12.0. The summed E-state index contributed by atoms with van der Waals surface area (Å²) >= 11 is 0. The Labute approximate surface area is 191 Å². The maximum absolute atomic E-state index is 12.0. The molecule has 0 heterocycles. The molecule has 0 N–H and O–H groups in total. The lowest BCUT2D eigenvalue weighted by Gasteiger charge is -2.36. The van der Waals surface area contributed by atoms with Crippen molar-refractivity contribution >= 4 is 5.97 Å². The number of carbonyl (C=O) groups excluding carboxylic acids is 1. The number of carbonyl (C=O) groups is 1.